The van der Waals surface area contributed by atoms with Gasteiger partial charge in [-0.1, -0.05) is 12.0 Å². The molecule has 0 radical (unpaired) electrons. The summed E-state index contributed by atoms with van der Waals surface area (Å²) in [4.78, 5) is 28.8. The van der Waals surface area contributed by atoms with Crippen LogP contribution in [0.25, 0.3) is 10.2 Å². The number of hydrogen-bond donors (Lipinski definition) is 1. The highest BCUT2D eigenvalue weighted by Gasteiger charge is 2.31. The van der Waals surface area contributed by atoms with Crippen molar-refractivity contribution < 1.29 is 23.5 Å². The Kier molecular flexibility index (Phi) is 8.88. The van der Waals surface area contributed by atoms with Gasteiger partial charge in [0.1, 0.15) is 27.9 Å². The van der Waals surface area contributed by atoms with Crippen LogP contribution in [0.5, 0.6) is 0 Å². The van der Waals surface area contributed by atoms with E-state index in [1.165, 1.54) is 29.6 Å². The molecule has 0 aliphatic heterocycles. The number of terminal acetylenes is 1. The highest BCUT2D eigenvalue weighted by Crippen LogP contribution is 2.42. The molecule has 0 aromatic carbocycles. The number of hydrogen-bond acceptors (Lipinski definition) is 8. The fourth-order valence-corrected chi connectivity index (χ4v) is 6.35. The predicted molar refractivity (Wildman–Crippen MR) is 150 cm³/mol. The van der Waals surface area contributed by atoms with Crippen LogP contribution in [0, 0.1) is 12.3 Å². The molecule has 3 aromatic rings. The summed E-state index contributed by atoms with van der Waals surface area (Å²) in [5.74, 6) is 2.68. The Balaban J connectivity index is 1.97. The molecule has 0 saturated heterocycles. The molecule has 2 atom stereocenters. The molecule has 2 unspecified atom stereocenters. The number of amides is 2. The van der Waals surface area contributed by atoms with E-state index in [1.54, 1.807) is 25.7 Å². The molecule has 0 saturated carbocycles. The average Bonchev–Trinajstić information content (AvgIpc) is 3.45. The van der Waals surface area contributed by atoms with Crippen LogP contribution in [0.15, 0.2) is 17.5 Å². The van der Waals surface area contributed by atoms with Gasteiger partial charge in [0, 0.05) is 16.2 Å². The van der Waals surface area contributed by atoms with E-state index >= 15 is 0 Å². The van der Waals surface area contributed by atoms with Gasteiger partial charge in [0.05, 0.1) is 22.8 Å². The number of thiophene rings is 2. The van der Waals surface area contributed by atoms with Crippen LogP contribution in [-0.2, 0) is 22.4 Å². The molecular weight excluding hydrogens is 534 g/mol. The summed E-state index contributed by atoms with van der Waals surface area (Å²) in [5, 5.41) is 5.17. The Bertz CT molecular complexity index is 1280. The van der Waals surface area contributed by atoms with Crippen LogP contribution >= 0.6 is 34.2 Å². The topological polar surface area (TPSA) is 80.8 Å². The monoisotopic (exact) mass is 565 g/mol. The lowest BCUT2D eigenvalue weighted by Gasteiger charge is -2.26. The van der Waals surface area contributed by atoms with Gasteiger partial charge in [-0.2, -0.15) is 4.37 Å². The number of alkyl halides is 1. The Morgan fingerprint density at radius 1 is 1.22 bits per heavy atom. The summed E-state index contributed by atoms with van der Waals surface area (Å²) in [6.07, 6.45) is 3.44. The van der Waals surface area contributed by atoms with Gasteiger partial charge in [-0.3, -0.25) is 4.90 Å². The molecule has 3 aromatic heterocycles. The van der Waals surface area contributed by atoms with Gasteiger partial charge in [-0.05, 0) is 71.4 Å². The lowest BCUT2D eigenvalue weighted by molar-refractivity contribution is 0.0477. The number of halogens is 1. The first kappa shape index (κ1) is 28.9. The molecule has 2 amide bonds. The van der Waals surface area contributed by atoms with Crippen LogP contribution in [-0.4, -0.2) is 40.0 Å². The molecule has 0 aliphatic carbocycles. The number of ether oxygens (including phenoxy) is 2. The third-order valence-corrected chi connectivity index (χ3v) is 8.00. The summed E-state index contributed by atoms with van der Waals surface area (Å²) >= 11 is 4.04. The third kappa shape index (κ3) is 7.66. The van der Waals surface area contributed by atoms with E-state index in [2.05, 4.69) is 15.6 Å². The third-order valence-electron chi connectivity index (χ3n) is 4.93. The quantitative estimate of drug-likeness (QED) is 0.308. The van der Waals surface area contributed by atoms with Crippen molar-refractivity contribution in [3.05, 3.63) is 32.8 Å². The molecule has 7 nitrogen and oxygen atoms in total. The van der Waals surface area contributed by atoms with Crippen molar-refractivity contribution >= 4 is 61.6 Å². The zero-order valence-electron chi connectivity index (χ0n) is 22.0. The molecule has 1 N–H and O–H groups in total. The lowest BCUT2D eigenvalue weighted by Crippen LogP contribution is -2.44. The minimum absolute atomic E-state index is 0.152. The van der Waals surface area contributed by atoms with Gasteiger partial charge in [-0.25, -0.2) is 14.0 Å². The van der Waals surface area contributed by atoms with Crippen molar-refractivity contribution in [1.82, 2.24) is 9.69 Å². The second kappa shape index (κ2) is 11.4. The zero-order chi connectivity index (χ0) is 27.5. The second-order valence-corrected chi connectivity index (χ2v) is 13.4. The molecule has 0 aliphatic rings. The Hall–Kier alpha value is -2.68. The highest BCUT2D eigenvalue weighted by molar-refractivity contribution is 7.25. The van der Waals surface area contributed by atoms with Gasteiger partial charge in [-0.15, -0.1) is 29.1 Å². The van der Waals surface area contributed by atoms with Crippen molar-refractivity contribution in [2.45, 2.75) is 84.8 Å². The molecule has 3 heterocycles. The molecule has 0 fully saturated rings. The van der Waals surface area contributed by atoms with E-state index in [0.717, 1.165) is 21.1 Å². The summed E-state index contributed by atoms with van der Waals surface area (Å²) in [5.41, 5.74) is -0.295. The van der Waals surface area contributed by atoms with Crippen LogP contribution in [0.3, 0.4) is 0 Å². The zero-order valence-corrected chi connectivity index (χ0v) is 24.5. The van der Waals surface area contributed by atoms with E-state index in [0.29, 0.717) is 27.5 Å². The van der Waals surface area contributed by atoms with Gasteiger partial charge in [0.15, 0.2) is 0 Å². The number of fused-ring (bicyclic) bond motifs is 1. The first-order valence-corrected chi connectivity index (χ1v) is 14.2. The largest absolute Gasteiger partial charge is 0.444 e. The first-order chi connectivity index (χ1) is 17.2. The van der Waals surface area contributed by atoms with Gasteiger partial charge >= 0.3 is 12.2 Å². The molecule has 11 heteroatoms. The molecular formula is C26H32FN3O4S3. The molecule has 37 heavy (non-hydrogen) atoms. The van der Waals surface area contributed by atoms with Crippen LogP contribution in [0.2, 0.25) is 0 Å². The number of rotatable bonds is 7. The number of nitrogens with zero attached hydrogens (tertiary/aromatic N) is 2. The highest BCUT2D eigenvalue weighted by atomic mass is 32.1. The number of alkyl carbamates (subject to hydrolysis) is 1. The smallest absolute Gasteiger partial charge is 0.415 e. The minimum Gasteiger partial charge on any atom is -0.444 e. The minimum atomic E-state index is -1.36. The summed E-state index contributed by atoms with van der Waals surface area (Å²) in [6.45, 7) is 12.3. The first-order valence-electron chi connectivity index (χ1n) is 11.7. The number of carbonyl (C=O) groups excluding carboxylic acids is 2. The number of nitrogens with one attached hydrogen (secondary N) is 1. The predicted octanol–water partition coefficient (Wildman–Crippen LogP) is 7.14. The molecule has 200 valence electrons. The van der Waals surface area contributed by atoms with Crippen molar-refractivity contribution in [3.63, 3.8) is 0 Å². The van der Waals surface area contributed by atoms with E-state index in [-0.39, 0.29) is 6.42 Å². The van der Waals surface area contributed by atoms with Crippen LogP contribution < -0.4 is 10.2 Å². The van der Waals surface area contributed by atoms with E-state index < -0.39 is 35.6 Å². The van der Waals surface area contributed by atoms with Gasteiger partial charge in [0.2, 0.25) is 0 Å². The normalized spacial score (nSPS) is 13.6. The summed E-state index contributed by atoms with van der Waals surface area (Å²) < 4.78 is 30.8. The Morgan fingerprint density at radius 2 is 1.89 bits per heavy atom. The number of carbonyl (C=O) groups is 2. The van der Waals surface area contributed by atoms with Crippen molar-refractivity contribution in [2.24, 2.45) is 0 Å². The van der Waals surface area contributed by atoms with E-state index in [4.69, 9.17) is 15.9 Å². The van der Waals surface area contributed by atoms with Crippen molar-refractivity contribution in [2.75, 3.05) is 4.90 Å². The van der Waals surface area contributed by atoms with Crippen LogP contribution in [0.1, 0.15) is 63.8 Å². The average molecular weight is 566 g/mol. The van der Waals surface area contributed by atoms with Gasteiger partial charge < -0.3 is 14.8 Å². The SMILES string of the molecule is C#Cc1c(CC(NC(=O)OC(C)(C)C)C(C)F)sc2c(N(Cc3cccs3)C(=O)OC(C)(C)C)snc12. The Morgan fingerprint density at radius 3 is 2.43 bits per heavy atom. The summed E-state index contributed by atoms with van der Waals surface area (Å²) in [7, 11) is 0. The number of anilines is 1. The number of aromatic nitrogens is 1. The molecule has 0 spiro atoms. The maximum Gasteiger partial charge on any atom is 0.415 e. The van der Waals surface area contributed by atoms with Crippen LogP contribution in [0.4, 0.5) is 19.0 Å². The molecule has 0 bridgehead atoms. The molecule has 3 rings (SSSR count). The second-order valence-electron chi connectivity index (χ2n) is 10.5. The van der Waals surface area contributed by atoms with E-state index in [1.807, 2.05) is 38.3 Å². The Labute approximate surface area is 229 Å². The van der Waals surface area contributed by atoms with Crippen molar-refractivity contribution in [1.29, 1.82) is 0 Å². The standard InChI is InChI=1S/C26H32FN3O4S3/c1-9-17-19(13-18(15(2)27)28-23(31)33-25(3,4)5)36-21-20(17)29-37-22(21)30(14-16-11-10-12-35-16)24(32)34-26(6,7)8/h1,10-12,15,18H,13-14H2,2-8H3,(H,28,31). The fourth-order valence-electron chi connectivity index (χ4n) is 3.38. The maximum absolute atomic E-state index is 14.5. The van der Waals surface area contributed by atoms with Crippen molar-refractivity contribution in [3.8, 4) is 12.3 Å². The maximum atomic E-state index is 14.5. The summed E-state index contributed by atoms with van der Waals surface area (Å²) in [6, 6.07) is 3.01. The lowest BCUT2D eigenvalue weighted by atomic mass is 10.1. The van der Waals surface area contributed by atoms with Gasteiger partial charge in [0.25, 0.3) is 0 Å². The van der Waals surface area contributed by atoms with E-state index in [9.17, 15) is 14.0 Å². The fraction of sp³-hybridized carbons (Fsp3) is 0.500.